The number of benzene rings is 1. The van der Waals surface area contributed by atoms with Gasteiger partial charge >= 0.3 is 0 Å². The third-order valence-electron chi connectivity index (χ3n) is 3.47. The normalized spacial score (nSPS) is 13.6. The molecule has 6 nitrogen and oxygen atoms in total. The third-order valence-corrected chi connectivity index (χ3v) is 3.96. The molecule has 1 heterocycles. The van der Waals surface area contributed by atoms with Crippen LogP contribution in [0.5, 0.6) is 5.75 Å². The monoisotopic (exact) mass is 376 g/mol. The number of hydrogen-bond donors (Lipinski definition) is 3. The fourth-order valence-electron chi connectivity index (χ4n) is 2.07. The molecule has 0 atom stereocenters. The van der Waals surface area contributed by atoms with Gasteiger partial charge in [0, 0.05) is 10.5 Å². The minimum absolute atomic E-state index is 0.00256. The van der Waals surface area contributed by atoms with Crippen molar-refractivity contribution < 1.29 is 19.1 Å². The first-order valence-corrected chi connectivity index (χ1v) is 7.76. The summed E-state index contributed by atoms with van der Waals surface area (Å²) in [5.74, 6) is -1.10. The van der Waals surface area contributed by atoms with Gasteiger partial charge < -0.3 is 14.8 Å². The fourth-order valence-corrected chi connectivity index (χ4v) is 2.43. The van der Waals surface area contributed by atoms with Gasteiger partial charge in [-0.2, -0.15) is 0 Å². The number of carbonyl (C=O) groups is 2. The van der Waals surface area contributed by atoms with Gasteiger partial charge in [-0.1, -0.05) is 15.9 Å². The standard InChI is InChI=1S/C16H13BrN2O4/c17-9-1-4-13(20)11(6-9)14(21)8-5-12(15(18)23-7-8)16(22)19-10-2-3-10/h1,4-7,10,18,20H,2-3H2,(H,19,22). The molecule has 0 radical (unpaired) electrons. The molecule has 7 heteroatoms. The Morgan fingerprint density at radius 1 is 1.26 bits per heavy atom. The van der Waals surface area contributed by atoms with Crippen LogP contribution in [0.15, 0.2) is 39.4 Å². The van der Waals surface area contributed by atoms with Crippen LogP contribution in [0.25, 0.3) is 0 Å². The van der Waals surface area contributed by atoms with Gasteiger partial charge in [0.2, 0.25) is 5.55 Å². The van der Waals surface area contributed by atoms with E-state index in [2.05, 4.69) is 21.2 Å². The summed E-state index contributed by atoms with van der Waals surface area (Å²) < 4.78 is 5.66. The van der Waals surface area contributed by atoms with Gasteiger partial charge in [-0.05, 0) is 37.1 Å². The number of phenolic OH excluding ortho intramolecular Hbond substituents is 1. The summed E-state index contributed by atoms with van der Waals surface area (Å²) in [6.45, 7) is 0. The number of hydrogen-bond acceptors (Lipinski definition) is 5. The highest BCUT2D eigenvalue weighted by atomic mass is 79.9. The second kappa shape index (κ2) is 6.00. The van der Waals surface area contributed by atoms with E-state index in [1.54, 1.807) is 6.07 Å². The van der Waals surface area contributed by atoms with Crippen molar-refractivity contribution >= 4 is 27.6 Å². The smallest absolute Gasteiger partial charge is 0.257 e. The van der Waals surface area contributed by atoms with Gasteiger partial charge in [0.25, 0.3) is 5.91 Å². The van der Waals surface area contributed by atoms with Crippen molar-refractivity contribution in [3.63, 3.8) is 0 Å². The molecular weight excluding hydrogens is 364 g/mol. The number of carbonyl (C=O) groups excluding carboxylic acids is 2. The molecule has 118 valence electrons. The van der Waals surface area contributed by atoms with Crippen molar-refractivity contribution in [1.29, 1.82) is 5.41 Å². The molecule has 23 heavy (non-hydrogen) atoms. The van der Waals surface area contributed by atoms with E-state index in [4.69, 9.17) is 9.83 Å². The second-order valence-electron chi connectivity index (χ2n) is 5.32. The molecule has 0 saturated heterocycles. The second-order valence-corrected chi connectivity index (χ2v) is 6.23. The molecule has 0 bridgehead atoms. The largest absolute Gasteiger partial charge is 0.507 e. The van der Waals surface area contributed by atoms with Crippen molar-refractivity contribution in [2.75, 3.05) is 0 Å². The van der Waals surface area contributed by atoms with Crippen LogP contribution in [0.3, 0.4) is 0 Å². The summed E-state index contributed by atoms with van der Waals surface area (Å²) in [6.07, 6.45) is 2.94. The van der Waals surface area contributed by atoms with E-state index in [1.807, 2.05) is 0 Å². The molecule has 3 N–H and O–H groups in total. The molecule has 1 aliphatic rings. The maximum Gasteiger partial charge on any atom is 0.257 e. The lowest BCUT2D eigenvalue weighted by Crippen LogP contribution is -2.30. The zero-order valence-electron chi connectivity index (χ0n) is 11.9. The predicted molar refractivity (Wildman–Crippen MR) is 84.3 cm³/mol. The van der Waals surface area contributed by atoms with Crippen LogP contribution in [0.4, 0.5) is 0 Å². The van der Waals surface area contributed by atoms with Crippen LogP contribution in [-0.4, -0.2) is 22.8 Å². The molecule has 1 saturated carbocycles. The van der Waals surface area contributed by atoms with Crippen molar-refractivity contribution in [1.82, 2.24) is 5.32 Å². The van der Waals surface area contributed by atoms with Gasteiger partial charge in [0.05, 0.1) is 11.1 Å². The van der Waals surface area contributed by atoms with Crippen LogP contribution in [-0.2, 0) is 0 Å². The summed E-state index contributed by atoms with van der Waals surface area (Å²) in [7, 11) is 0. The van der Waals surface area contributed by atoms with Gasteiger partial charge in [-0.25, -0.2) is 0 Å². The quantitative estimate of drug-likeness (QED) is 0.712. The van der Waals surface area contributed by atoms with Gasteiger partial charge in [0.15, 0.2) is 5.78 Å². The number of phenols is 1. The lowest BCUT2D eigenvalue weighted by Gasteiger charge is -2.07. The SMILES string of the molecule is N=c1occ(C(=O)c2cc(Br)ccc2O)cc1C(=O)NC1CC1. The Kier molecular flexibility index (Phi) is 4.04. The minimum atomic E-state index is -0.493. The summed E-state index contributed by atoms with van der Waals surface area (Å²) in [5, 5.41) is 20.3. The first-order chi connectivity index (χ1) is 11.0. The van der Waals surface area contributed by atoms with Crippen LogP contribution in [0.1, 0.15) is 39.1 Å². The Balaban J connectivity index is 1.96. The molecule has 1 aliphatic carbocycles. The van der Waals surface area contributed by atoms with Crippen molar-refractivity contribution in [2.24, 2.45) is 0 Å². The number of halogens is 1. The molecule has 0 spiro atoms. The maximum absolute atomic E-state index is 12.5. The van der Waals surface area contributed by atoms with Crippen LogP contribution >= 0.6 is 15.9 Å². The van der Waals surface area contributed by atoms with Crippen LogP contribution in [0.2, 0.25) is 0 Å². The van der Waals surface area contributed by atoms with E-state index in [0.29, 0.717) is 4.47 Å². The Morgan fingerprint density at radius 3 is 2.70 bits per heavy atom. The average molecular weight is 377 g/mol. The van der Waals surface area contributed by atoms with Crippen LogP contribution in [0, 0.1) is 5.41 Å². The minimum Gasteiger partial charge on any atom is -0.507 e. The third kappa shape index (κ3) is 3.34. The molecule has 1 amide bonds. The molecule has 1 fully saturated rings. The van der Waals surface area contributed by atoms with Crippen molar-refractivity contribution in [3.05, 3.63) is 57.2 Å². The van der Waals surface area contributed by atoms with E-state index >= 15 is 0 Å². The number of ketones is 1. The van der Waals surface area contributed by atoms with Gasteiger partial charge in [-0.15, -0.1) is 0 Å². The zero-order chi connectivity index (χ0) is 16.6. The molecule has 1 aromatic heterocycles. The van der Waals surface area contributed by atoms with E-state index in [0.717, 1.165) is 19.1 Å². The van der Waals surface area contributed by atoms with Crippen LogP contribution < -0.4 is 10.9 Å². The summed E-state index contributed by atoms with van der Waals surface area (Å²) in [4.78, 5) is 24.6. The van der Waals surface area contributed by atoms with E-state index in [9.17, 15) is 14.7 Å². The Bertz CT molecular complexity index is 855. The van der Waals surface area contributed by atoms with Crippen molar-refractivity contribution in [3.8, 4) is 5.75 Å². The Labute approximate surface area is 139 Å². The lowest BCUT2D eigenvalue weighted by molar-refractivity contribution is 0.0946. The predicted octanol–water partition coefficient (Wildman–Crippen LogP) is 2.35. The lowest BCUT2D eigenvalue weighted by atomic mass is 10.0. The van der Waals surface area contributed by atoms with Gasteiger partial charge in [-0.3, -0.25) is 15.0 Å². The molecule has 0 aliphatic heterocycles. The first kappa shape index (κ1) is 15.5. The van der Waals surface area contributed by atoms with E-state index < -0.39 is 11.7 Å². The number of rotatable bonds is 4. The highest BCUT2D eigenvalue weighted by Crippen LogP contribution is 2.24. The van der Waals surface area contributed by atoms with E-state index in [-0.39, 0.29) is 34.0 Å². The average Bonchev–Trinajstić information content (AvgIpc) is 3.33. The topological polar surface area (TPSA) is 103 Å². The molecule has 2 aromatic rings. The maximum atomic E-state index is 12.5. The molecule has 0 unspecified atom stereocenters. The highest BCUT2D eigenvalue weighted by Gasteiger charge is 2.25. The highest BCUT2D eigenvalue weighted by molar-refractivity contribution is 9.10. The molecule has 1 aromatic carbocycles. The Morgan fingerprint density at radius 2 is 2.00 bits per heavy atom. The summed E-state index contributed by atoms with van der Waals surface area (Å²) >= 11 is 3.24. The molecular formula is C16H13BrN2O4. The van der Waals surface area contributed by atoms with E-state index in [1.165, 1.54) is 18.2 Å². The number of nitrogens with one attached hydrogen (secondary N) is 2. The first-order valence-electron chi connectivity index (χ1n) is 6.97. The van der Waals surface area contributed by atoms with Gasteiger partial charge in [0.1, 0.15) is 17.6 Å². The number of aromatic hydroxyl groups is 1. The summed E-state index contributed by atoms with van der Waals surface area (Å²) in [5.41, 5.74) is -0.133. The molecule has 3 rings (SSSR count). The summed E-state index contributed by atoms with van der Waals surface area (Å²) in [6, 6.07) is 5.93. The zero-order valence-corrected chi connectivity index (χ0v) is 13.5. The fraction of sp³-hybridized carbons (Fsp3) is 0.188. The van der Waals surface area contributed by atoms with Crippen molar-refractivity contribution in [2.45, 2.75) is 18.9 Å². The Hall–Kier alpha value is -2.41. The number of amides is 1.